The molecule has 37 heavy (non-hydrogen) atoms. The van der Waals surface area contributed by atoms with Crippen molar-refractivity contribution in [2.45, 2.75) is 32.7 Å². The summed E-state index contributed by atoms with van der Waals surface area (Å²) in [6.07, 6.45) is 3.02. The molecule has 0 fully saturated rings. The highest BCUT2D eigenvalue weighted by molar-refractivity contribution is 9.10. The molecule has 1 aliphatic heterocycles. The monoisotopic (exact) mass is 586 g/mol. The molecular formula is C27H27BrN2O6S. The third-order valence-electron chi connectivity index (χ3n) is 5.89. The zero-order valence-electron chi connectivity index (χ0n) is 20.9. The number of phenols is 1. The maximum atomic E-state index is 13.9. The number of thiazole rings is 1. The Hall–Kier alpha value is -3.37. The molecule has 4 rings (SSSR count). The number of aromatic hydroxyl groups is 1. The second-order valence-electron chi connectivity index (χ2n) is 8.23. The number of ether oxygens (including phenoxy) is 3. The van der Waals surface area contributed by atoms with Gasteiger partial charge in [-0.05, 0) is 71.2 Å². The smallest absolute Gasteiger partial charge is 0.338 e. The molecule has 0 aliphatic carbocycles. The molecule has 194 valence electrons. The molecule has 0 bridgehead atoms. The van der Waals surface area contributed by atoms with Crippen molar-refractivity contribution >= 4 is 39.3 Å². The molecular weight excluding hydrogens is 560 g/mol. The summed E-state index contributed by atoms with van der Waals surface area (Å²) >= 11 is 4.55. The van der Waals surface area contributed by atoms with Crippen LogP contribution in [0.3, 0.4) is 0 Å². The van der Waals surface area contributed by atoms with Crippen molar-refractivity contribution in [3.63, 3.8) is 0 Å². The summed E-state index contributed by atoms with van der Waals surface area (Å²) in [6, 6.07) is 9.45. The number of methoxy groups -OCH3 is 2. The normalized spacial score (nSPS) is 15.3. The van der Waals surface area contributed by atoms with Gasteiger partial charge in [0.25, 0.3) is 5.56 Å². The Morgan fingerprint density at radius 1 is 1.19 bits per heavy atom. The molecule has 2 heterocycles. The number of aromatic nitrogens is 1. The van der Waals surface area contributed by atoms with Crippen LogP contribution in [0.1, 0.15) is 43.9 Å². The third kappa shape index (κ3) is 5.21. The zero-order chi connectivity index (χ0) is 26.7. The number of hydrogen-bond acceptors (Lipinski definition) is 8. The van der Waals surface area contributed by atoms with E-state index in [0.29, 0.717) is 48.6 Å². The second-order valence-corrected chi connectivity index (χ2v) is 10.1. The fourth-order valence-corrected chi connectivity index (χ4v) is 5.65. The molecule has 0 radical (unpaired) electrons. The molecule has 0 saturated heterocycles. The lowest BCUT2D eigenvalue weighted by Crippen LogP contribution is -2.40. The molecule has 1 atom stereocenters. The summed E-state index contributed by atoms with van der Waals surface area (Å²) < 4.78 is 19.0. The van der Waals surface area contributed by atoms with Crippen molar-refractivity contribution in [3.8, 4) is 17.2 Å². The molecule has 0 amide bonds. The number of nitrogens with zero attached hydrogens (tertiary/aromatic N) is 2. The summed E-state index contributed by atoms with van der Waals surface area (Å²) in [5.74, 6) is 0.639. The van der Waals surface area contributed by atoms with Crippen LogP contribution in [0.25, 0.3) is 6.08 Å². The highest BCUT2D eigenvalue weighted by Gasteiger charge is 2.36. The minimum absolute atomic E-state index is 0.104. The quantitative estimate of drug-likeness (QED) is 0.399. The molecule has 1 aromatic heterocycles. The van der Waals surface area contributed by atoms with Crippen molar-refractivity contribution in [3.05, 3.63) is 83.0 Å². The molecule has 0 saturated carbocycles. The lowest BCUT2D eigenvalue weighted by atomic mass is 9.93. The van der Waals surface area contributed by atoms with E-state index in [4.69, 9.17) is 19.2 Å². The molecule has 8 nitrogen and oxygen atoms in total. The molecule has 10 heteroatoms. The van der Waals surface area contributed by atoms with Crippen molar-refractivity contribution in [2.24, 2.45) is 4.99 Å². The summed E-state index contributed by atoms with van der Waals surface area (Å²) in [5, 5.41) is 9.84. The zero-order valence-corrected chi connectivity index (χ0v) is 23.3. The Labute approximate surface area is 226 Å². The van der Waals surface area contributed by atoms with E-state index in [2.05, 4.69) is 15.9 Å². The van der Waals surface area contributed by atoms with Crippen molar-refractivity contribution in [1.29, 1.82) is 0 Å². The topological polar surface area (TPSA) is 99.4 Å². The largest absolute Gasteiger partial charge is 0.507 e. The van der Waals surface area contributed by atoms with E-state index in [0.717, 1.165) is 12.0 Å². The molecule has 0 unspecified atom stereocenters. The van der Waals surface area contributed by atoms with Gasteiger partial charge in [0.1, 0.15) is 23.3 Å². The van der Waals surface area contributed by atoms with Gasteiger partial charge >= 0.3 is 5.97 Å². The van der Waals surface area contributed by atoms with Gasteiger partial charge in [-0.15, -0.1) is 0 Å². The Morgan fingerprint density at radius 2 is 1.97 bits per heavy atom. The number of hydrogen-bond donors (Lipinski definition) is 1. The highest BCUT2D eigenvalue weighted by atomic mass is 79.9. The van der Waals surface area contributed by atoms with E-state index >= 15 is 0 Å². The van der Waals surface area contributed by atoms with Gasteiger partial charge in [0.05, 0.1) is 41.1 Å². The van der Waals surface area contributed by atoms with E-state index in [1.165, 1.54) is 15.9 Å². The maximum Gasteiger partial charge on any atom is 0.338 e. The molecule has 0 spiro atoms. The fraction of sp³-hybridized carbons (Fsp3) is 0.296. The Balaban J connectivity index is 2.05. The number of carbonyl (C=O) groups is 1. The lowest BCUT2D eigenvalue weighted by Gasteiger charge is -2.27. The first-order valence-electron chi connectivity index (χ1n) is 11.7. The number of halogens is 1. The highest BCUT2D eigenvalue weighted by Crippen LogP contribution is 2.38. The Kier molecular flexibility index (Phi) is 8.19. The Bertz CT molecular complexity index is 1560. The average Bonchev–Trinajstić information content (AvgIpc) is 3.19. The number of allylic oxidation sites excluding steroid dienone is 1. The molecule has 3 aromatic rings. The lowest BCUT2D eigenvalue weighted by molar-refractivity contribution is -0.139. The van der Waals surface area contributed by atoms with Gasteiger partial charge in [-0.1, -0.05) is 30.7 Å². The van der Waals surface area contributed by atoms with Gasteiger partial charge in [0.2, 0.25) is 0 Å². The van der Waals surface area contributed by atoms with Crippen LogP contribution in [0.15, 0.2) is 61.9 Å². The number of phenolic OH excluding ortho intramolecular Hbond substituents is 1. The predicted octanol–water partition coefficient (Wildman–Crippen LogP) is 4.06. The second kappa shape index (κ2) is 11.4. The Morgan fingerprint density at radius 3 is 2.62 bits per heavy atom. The molecule has 2 aromatic carbocycles. The minimum Gasteiger partial charge on any atom is -0.507 e. The van der Waals surface area contributed by atoms with E-state index in [-0.39, 0.29) is 17.9 Å². The maximum absolute atomic E-state index is 13.9. The van der Waals surface area contributed by atoms with Gasteiger partial charge in [-0.3, -0.25) is 9.36 Å². The van der Waals surface area contributed by atoms with Crippen LogP contribution in [0.4, 0.5) is 0 Å². The summed E-state index contributed by atoms with van der Waals surface area (Å²) in [7, 11) is 3.09. The van der Waals surface area contributed by atoms with E-state index in [1.54, 1.807) is 63.6 Å². The first kappa shape index (κ1) is 26.7. The van der Waals surface area contributed by atoms with Gasteiger partial charge in [0, 0.05) is 5.56 Å². The van der Waals surface area contributed by atoms with Crippen molar-refractivity contribution in [1.82, 2.24) is 4.57 Å². The fourth-order valence-electron chi connectivity index (χ4n) is 4.23. The number of esters is 1. The van der Waals surface area contributed by atoms with Crippen LogP contribution in [-0.4, -0.2) is 36.5 Å². The summed E-state index contributed by atoms with van der Waals surface area (Å²) in [6.45, 7) is 3.93. The van der Waals surface area contributed by atoms with Gasteiger partial charge < -0.3 is 19.3 Å². The van der Waals surface area contributed by atoms with Gasteiger partial charge in [-0.2, -0.15) is 0 Å². The van der Waals surface area contributed by atoms with E-state index in [9.17, 15) is 14.7 Å². The average molecular weight is 587 g/mol. The van der Waals surface area contributed by atoms with Crippen LogP contribution in [0.5, 0.6) is 17.2 Å². The first-order chi connectivity index (χ1) is 17.8. The van der Waals surface area contributed by atoms with Crippen LogP contribution >= 0.6 is 27.3 Å². The van der Waals surface area contributed by atoms with Crippen LogP contribution in [0.2, 0.25) is 0 Å². The van der Waals surface area contributed by atoms with Crippen LogP contribution in [-0.2, 0) is 9.53 Å². The number of fused-ring (bicyclic) bond motifs is 1. The van der Waals surface area contributed by atoms with Crippen molar-refractivity contribution in [2.75, 3.05) is 20.8 Å². The molecule has 1 aliphatic rings. The van der Waals surface area contributed by atoms with Crippen LogP contribution < -0.4 is 24.4 Å². The summed E-state index contributed by atoms with van der Waals surface area (Å²) in [5.41, 5.74) is 1.90. The number of benzene rings is 2. The first-order valence-corrected chi connectivity index (χ1v) is 13.4. The van der Waals surface area contributed by atoms with Crippen LogP contribution in [0, 0.1) is 0 Å². The van der Waals surface area contributed by atoms with Crippen molar-refractivity contribution < 1.29 is 24.1 Å². The predicted molar refractivity (Wildman–Crippen MR) is 145 cm³/mol. The van der Waals surface area contributed by atoms with E-state index in [1.807, 2.05) is 6.92 Å². The third-order valence-corrected chi connectivity index (χ3v) is 7.51. The summed E-state index contributed by atoms with van der Waals surface area (Å²) in [4.78, 5) is 32.5. The standard InChI is InChI=1S/C27H27BrN2O6S/c1-5-7-19-23(26(33)36-6-2)24(17-14-16(34-3)9-11-21(17)35-4)30-25(32)22(37-27(30)29-19)13-15-8-10-20(31)18(28)12-15/h8-14,24,31H,5-7H2,1-4H3/b22-13-/t24-/m0/s1. The molecule has 1 N–H and O–H groups in total. The SMILES string of the molecule is CCCC1=C(C(=O)OCC)[C@H](c2cc(OC)ccc2OC)n2c(s/c(=C\c3ccc(O)c(Br)c3)c2=O)=N1. The number of rotatable bonds is 8. The van der Waals surface area contributed by atoms with Gasteiger partial charge in [-0.25, -0.2) is 9.79 Å². The number of carbonyl (C=O) groups excluding carboxylic acids is 1. The van der Waals surface area contributed by atoms with E-state index < -0.39 is 12.0 Å². The minimum atomic E-state index is -0.824. The van der Waals surface area contributed by atoms with Gasteiger partial charge in [0.15, 0.2) is 4.80 Å².